The van der Waals surface area contributed by atoms with Crippen LogP contribution in [0, 0.1) is 0 Å². The minimum Gasteiger partial charge on any atom is -0.496 e. The van der Waals surface area contributed by atoms with E-state index in [-0.39, 0.29) is 5.91 Å². The molecule has 27 heavy (non-hydrogen) atoms. The van der Waals surface area contributed by atoms with Crippen molar-refractivity contribution < 1.29 is 9.53 Å². The van der Waals surface area contributed by atoms with Gasteiger partial charge in [-0.05, 0) is 18.2 Å². The van der Waals surface area contributed by atoms with Gasteiger partial charge in [-0.25, -0.2) is 4.98 Å². The Labute approximate surface area is 166 Å². The predicted molar refractivity (Wildman–Crippen MR) is 108 cm³/mol. The first-order valence-electron chi connectivity index (χ1n) is 8.62. The number of hydrogen-bond donors (Lipinski definition) is 0. The van der Waals surface area contributed by atoms with Gasteiger partial charge in [0, 0.05) is 56.2 Å². The Bertz CT molecular complexity index is 920. The van der Waals surface area contributed by atoms with E-state index >= 15 is 0 Å². The lowest BCUT2D eigenvalue weighted by Crippen LogP contribution is -2.48. The zero-order valence-corrected chi connectivity index (χ0v) is 16.4. The van der Waals surface area contributed by atoms with Gasteiger partial charge in [0.15, 0.2) is 5.13 Å². The van der Waals surface area contributed by atoms with Gasteiger partial charge in [-0.2, -0.15) is 0 Å². The highest BCUT2D eigenvalue weighted by Crippen LogP contribution is 2.31. The summed E-state index contributed by atoms with van der Waals surface area (Å²) in [7, 11) is 1.57. The normalized spacial score (nSPS) is 14.4. The van der Waals surface area contributed by atoms with Crippen molar-refractivity contribution in [2.45, 2.75) is 0 Å². The molecule has 1 amide bonds. The monoisotopic (exact) mass is 402 g/mol. The molecule has 1 aliphatic rings. The average Bonchev–Trinajstić information content (AvgIpc) is 3.41. The lowest BCUT2D eigenvalue weighted by atomic mass is 10.1. The number of amides is 1. The third-order valence-electron chi connectivity index (χ3n) is 4.64. The van der Waals surface area contributed by atoms with Crippen LogP contribution in [0.4, 0.5) is 5.13 Å². The summed E-state index contributed by atoms with van der Waals surface area (Å²) in [5.74, 6) is 0.460. The topological polar surface area (TPSA) is 50.6 Å². The highest BCUT2D eigenvalue weighted by atomic mass is 35.5. The second-order valence-corrected chi connectivity index (χ2v) is 7.47. The summed E-state index contributed by atoms with van der Waals surface area (Å²) in [4.78, 5) is 21.5. The van der Waals surface area contributed by atoms with E-state index in [1.54, 1.807) is 36.8 Å². The number of methoxy groups -OCH3 is 1. The van der Waals surface area contributed by atoms with Crippen molar-refractivity contribution in [2.24, 2.45) is 0 Å². The molecule has 0 atom stereocenters. The number of thiazole rings is 1. The second-order valence-electron chi connectivity index (χ2n) is 6.19. The highest BCUT2D eigenvalue weighted by molar-refractivity contribution is 7.13. The Morgan fingerprint density at radius 1 is 1.19 bits per heavy atom. The van der Waals surface area contributed by atoms with Crippen molar-refractivity contribution in [3.63, 3.8) is 0 Å². The molecule has 6 nitrogen and oxygen atoms in total. The number of ether oxygens (including phenoxy) is 1. The zero-order valence-electron chi connectivity index (χ0n) is 14.8. The number of hydrogen-bond acceptors (Lipinski definition) is 5. The fourth-order valence-corrected chi connectivity index (χ4v) is 4.17. The van der Waals surface area contributed by atoms with Gasteiger partial charge in [-0.1, -0.05) is 11.6 Å². The van der Waals surface area contributed by atoms with E-state index in [9.17, 15) is 4.79 Å². The summed E-state index contributed by atoms with van der Waals surface area (Å²) in [5, 5.41) is 3.47. The van der Waals surface area contributed by atoms with E-state index in [4.69, 9.17) is 16.3 Å². The highest BCUT2D eigenvalue weighted by Gasteiger charge is 2.26. The number of nitrogens with zero attached hydrogens (tertiary/aromatic N) is 4. The van der Waals surface area contributed by atoms with Crippen LogP contribution in [0.5, 0.6) is 5.75 Å². The Kier molecular flexibility index (Phi) is 5.05. The fraction of sp³-hybridized carbons (Fsp3) is 0.263. The number of piperazine rings is 1. The number of benzene rings is 1. The number of carbonyl (C=O) groups excluding carboxylic acids is 1. The van der Waals surface area contributed by atoms with E-state index in [0.29, 0.717) is 29.4 Å². The third-order valence-corrected chi connectivity index (χ3v) is 5.77. The molecule has 1 aliphatic heterocycles. The Morgan fingerprint density at radius 2 is 1.93 bits per heavy atom. The average molecular weight is 403 g/mol. The van der Waals surface area contributed by atoms with Crippen molar-refractivity contribution >= 4 is 34.0 Å². The van der Waals surface area contributed by atoms with E-state index in [2.05, 4.69) is 9.88 Å². The summed E-state index contributed by atoms with van der Waals surface area (Å²) < 4.78 is 7.39. The molecule has 0 aliphatic carbocycles. The van der Waals surface area contributed by atoms with Crippen molar-refractivity contribution in [1.82, 2.24) is 14.5 Å². The van der Waals surface area contributed by atoms with E-state index in [1.165, 1.54) is 0 Å². The number of anilines is 1. The lowest BCUT2D eigenvalue weighted by Gasteiger charge is -2.34. The van der Waals surface area contributed by atoms with Crippen LogP contribution >= 0.6 is 22.9 Å². The minimum atomic E-state index is -0.0633. The molecule has 8 heteroatoms. The molecule has 140 valence electrons. The van der Waals surface area contributed by atoms with Crippen LogP contribution in [0.15, 0.2) is 48.2 Å². The molecule has 4 rings (SSSR count). The first-order chi connectivity index (χ1) is 13.2. The molecule has 3 heterocycles. The van der Waals surface area contributed by atoms with Gasteiger partial charge in [0.2, 0.25) is 0 Å². The number of halogens is 1. The van der Waals surface area contributed by atoms with Crippen LogP contribution in [0.2, 0.25) is 5.02 Å². The fourth-order valence-electron chi connectivity index (χ4n) is 3.21. The van der Waals surface area contributed by atoms with Gasteiger partial charge < -0.3 is 19.1 Å². The zero-order chi connectivity index (χ0) is 18.8. The first kappa shape index (κ1) is 17.9. The Hall–Kier alpha value is -2.51. The maximum absolute atomic E-state index is 13.1. The molecular weight excluding hydrogens is 384 g/mol. The standard InChI is InChI=1S/C19H19ClN4O2S/c1-26-17-13-16(22-5-2-3-6-22)15(20)12-14(17)18(25)23-7-9-24(10-8-23)19-21-4-11-27-19/h2-6,11-13H,7-10H2,1H3. The lowest BCUT2D eigenvalue weighted by molar-refractivity contribution is 0.0743. The van der Waals surface area contributed by atoms with Crippen LogP contribution in [0.1, 0.15) is 10.4 Å². The molecule has 3 aromatic rings. The molecule has 1 fully saturated rings. The summed E-state index contributed by atoms with van der Waals surface area (Å²) in [6, 6.07) is 7.35. The van der Waals surface area contributed by atoms with Gasteiger partial charge in [-0.3, -0.25) is 4.79 Å². The van der Waals surface area contributed by atoms with Gasteiger partial charge in [0.05, 0.1) is 23.4 Å². The molecule has 0 radical (unpaired) electrons. The molecule has 0 saturated carbocycles. The van der Waals surface area contributed by atoms with Crippen molar-refractivity contribution in [1.29, 1.82) is 0 Å². The molecule has 1 saturated heterocycles. The largest absolute Gasteiger partial charge is 0.496 e. The Morgan fingerprint density at radius 3 is 2.56 bits per heavy atom. The summed E-state index contributed by atoms with van der Waals surface area (Å²) >= 11 is 8.08. The van der Waals surface area contributed by atoms with E-state index in [1.807, 2.05) is 39.4 Å². The SMILES string of the molecule is COc1cc(-n2cccc2)c(Cl)cc1C(=O)N1CCN(c2nccs2)CC1. The van der Waals surface area contributed by atoms with Crippen LogP contribution in [0.3, 0.4) is 0 Å². The first-order valence-corrected chi connectivity index (χ1v) is 9.87. The van der Waals surface area contributed by atoms with Crippen LogP contribution < -0.4 is 9.64 Å². The molecule has 2 aromatic heterocycles. The van der Waals surface area contributed by atoms with E-state index in [0.717, 1.165) is 23.9 Å². The van der Waals surface area contributed by atoms with Gasteiger partial charge in [-0.15, -0.1) is 11.3 Å². The quantitative estimate of drug-likeness (QED) is 0.669. The second kappa shape index (κ2) is 7.62. The minimum absolute atomic E-state index is 0.0633. The molecule has 0 bridgehead atoms. The van der Waals surface area contributed by atoms with Crippen LogP contribution in [-0.2, 0) is 0 Å². The van der Waals surface area contributed by atoms with Crippen LogP contribution in [0.25, 0.3) is 5.69 Å². The van der Waals surface area contributed by atoms with Crippen LogP contribution in [-0.4, -0.2) is 53.6 Å². The molecule has 1 aromatic carbocycles. The van der Waals surface area contributed by atoms with Crippen molar-refractivity contribution in [2.75, 3.05) is 38.2 Å². The molecule has 0 unspecified atom stereocenters. The Balaban J connectivity index is 1.54. The van der Waals surface area contributed by atoms with Gasteiger partial charge in [0.25, 0.3) is 5.91 Å². The van der Waals surface area contributed by atoms with Gasteiger partial charge in [0.1, 0.15) is 5.75 Å². The molecule has 0 spiro atoms. The molecule has 0 N–H and O–H groups in total. The third kappa shape index (κ3) is 3.52. The number of rotatable bonds is 4. The maximum atomic E-state index is 13.1. The van der Waals surface area contributed by atoms with Gasteiger partial charge >= 0.3 is 0 Å². The summed E-state index contributed by atoms with van der Waals surface area (Å²) in [6.07, 6.45) is 5.61. The number of carbonyl (C=O) groups is 1. The van der Waals surface area contributed by atoms with Crippen molar-refractivity contribution in [3.8, 4) is 11.4 Å². The predicted octanol–water partition coefficient (Wildman–Crippen LogP) is 3.56. The summed E-state index contributed by atoms with van der Waals surface area (Å²) in [5.41, 5.74) is 1.27. The number of aromatic nitrogens is 2. The molecular formula is C19H19ClN4O2S. The van der Waals surface area contributed by atoms with Crippen molar-refractivity contribution in [3.05, 3.63) is 58.8 Å². The maximum Gasteiger partial charge on any atom is 0.257 e. The van der Waals surface area contributed by atoms with E-state index < -0.39 is 0 Å². The summed E-state index contributed by atoms with van der Waals surface area (Å²) in [6.45, 7) is 2.80. The smallest absolute Gasteiger partial charge is 0.257 e.